The van der Waals surface area contributed by atoms with E-state index in [2.05, 4.69) is 4.98 Å². The summed E-state index contributed by atoms with van der Waals surface area (Å²) in [6.07, 6.45) is -2.75. The smallest absolute Gasteiger partial charge is 0.355 e. The molecule has 0 aliphatic heterocycles. The summed E-state index contributed by atoms with van der Waals surface area (Å²) in [6.45, 7) is 0. The van der Waals surface area contributed by atoms with Crippen LogP contribution < -0.4 is 0 Å². The van der Waals surface area contributed by atoms with Crippen LogP contribution in [0.2, 0.25) is 5.02 Å². The minimum absolute atomic E-state index is 0.210. The molecule has 1 heterocycles. The van der Waals surface area contributed by atoms with Crippen molar-refractivity contribution in [2.75, 3.05) is 5.75 Å². The van der Waals surface area contributed by atoms with Crippen LogP contribution in [0.25, 0.3) is 11.1 Å². The Hall–Kier alpha value is -1.58. The number of hydrogen-bond donors (Lipinski definition) is 1. The third-order valence-corrected chi connectivity index (χ3v) is 3.83. The summed E-state index contributed by atoms with van der Waals surface area (Å²) in [5.41, 5.74) is 1.50. The van der Waals surface area contributed by atoms with Gasteiger partial charge in [0.2, 0.25) is 0 Å². The van der Waals surface area contributed by atoms with Crippen molar-refractivity contribution in [1.82, 2.24) is 4.98 Å². The highest BCUT2D eigenvalue weighted by atomic mass is 35.5. The Balaban J connectivity index is 2.30. The summed E-state index contributed by atoms with van der Waals surface area (Å²) in [4.78, 5) is 2.72. The van der Waals surface area contributed by atoms with Crippen LogP contribution in [-0.2, 0) is 0 Å². The number of thioether (sulfide) groups is 1. The molecule has 0 aliphatic carbocycles. The number of aromatic amines is 1. The second-order valence-corrected chi connectivity index (χ2v) is 5.35. The molecule has 1 N–H and O–H groups in total. The van der Waals surface area contributed by atoms with Gasteiger partial charge in [0.05, 0.1) is 16.3 Å². The average molecular weight is 317 g/mol. The van der Waals surface area contributed by atoms with Gasteiger partial charge in [0.15, 0.2) is 0 Å². The molecule has 7 heteroatoms. The molecule has 2 rings (SSSR count). The van der Waals surface area contributed by atoms with Gasteiger partial charge in [-0.3, -0.25) is 0 Å². The molecule has 1 aromatic heterocycles. The molecule has 0 spiro atoms. The number of rotatable bonds is 3. The van der Waals surface area contributed by atoms with Crippen molar-refractivity contribution < 1.29 is 13.2 Å². The third-order valence-electron chi connectivity index (χ3n) is 2.49. The number of nitrogens with zero attached hydrogens (tertiary/aromatic N) is 1. The topological polar surface area (TPSA) is 39.6 Å². The van der Waals surface area contributed by atoms with Crippen LogP contribution in [0.3, 0.4) is 0 Å². The molecule has 0 fully saturated rings. The molecule has 0 amide bonds. The van der Waals surface area contributed by atoms with Crippen LogP contribution in [0.15, 0.2) is 35.5 Å². The van der Waals surface area contributed by atoms with Gasteiger partial charge in [0, 0.05) is 16.8 Å². The van der Waals surface area contributed by atoms with Gasteiger partial charge in [0.1, 0.15) is 6.07 Å². The lowest BCUT2D eigenvalue weighted by Gasteiger charge is -2.05. The summed E-state index contributed by atoms with van der Waals surface area (Å²) in [5.74, 6) is -1.04. The van der Waals surface area contributed by atoms with Crippen molar-refractivity contribution in [2.24, 2.45) is 0 Å². The number of hydrogen-bond acceptors (Lipinski definition) is 2. The lowest BCUT2D eigenvalue weighted by atomic mass is 10.1. The maximum Gasteiger partial charge on any atom is 0.398 e. The fourth-order valence-electron chi connectivity index (χ4n) is 1.64. The normalized spacial score (nSPS) is 11.3. The van der Waals surface area contributed by atoms with Crippen molar-refractivity contribution in [3.63, 3.8) is 0 Å². The Morgan fingerprint density at radius 1 is 1.25 bits per heavy atom. The molecule has 0 bridgehead atoms. The number of H-pyrrole nitrogens is 1. The fraction of sp³-hybridized carbons (Fsp3) is 0.154. The van der Waals surface area contributed by atoms with E-state index in [4.69, 9.17) is 16.9 Å². The average Bonchev–Trinajstić information content (AvgIpc) is 2.79. The molecule has 0 aliphatic rings. The quantitative estimate of drug-likeness (QED) is 0.821. The zero-order valence-electron chi connectivity index (χ0n) is 9.96. The van der Waals surface area contributed by atoms with Crippen molar-refractivity contribution >= 4 is 23.4 Å². The number of benzene rings is 1. The zero-order valence-corrected chi connectivity index (χ0v) is 11.5. The van der Waals surface area contributed by atoms with Gasteiger partial charge >= 0.3 is 6.18 Å². The monoisotopic (exact) mass is 316 g/mol. The van der Waals surface area contributed by atoms with E-state index in [0.29, 0.717) is 22.3 Å². The molecule has 20 heavy (non-hydrogen) atoms. The molecule has 104 valence electrons. The summed E-state index contributed by atoms with van der Waals surface area (Å²) in [5, 5.41) is 9.91. The van der Waals surface area contributed by atoms with E-state index < -0.39 is 11.9 Å². The summed E-state index contributed by atoms with van der Waals surface area (Å²) < 4.78 is 36.7. The second kappa shape index (κ2) is 5.81. The number of alkyl halides is 3. The van der Waals surface area contributed by atoms with Crippen LogP contribution >= 0.6 is 23.4 Å². The summed E-state index contributed by atoms with van der Waals surface area (Å²) in [6, 6.07) is 8.69. The first kappa shape index (κ1) is 14.8. The van der Waals surface area contributed by atoms with Gasteiger partial charge < -0.3 is 4.98 Å². The van der Waals surface area contributed by atoms with Crippen LogP contribution in [0.5, 0.6) is 0 Å². The van der Waals surface area contributed by atoms with Crippen molar-refractivity contribution in [3.05, 3.63) is 41.0 Å². The molecule has 0 radical (unpaired) electrons. The predicted molar refractivity (Wildman–Crippen MR) is 72.7 cm³/mol. The molecule has 2 aromatic rings. The van der Waals surface area contributed by atoms with Crippen molar-refractivity contribution in [3.8, 4) is 17.2 Å². The minimum Gasteiger partial charge on any atom is -0.355 e. The lowest BCUT2D eigenvalue weighted by Crippen LogP contribution is -2.10. The van der Waals surface area contributed by atoms with E-state index in [1.807, 2.05) is 6.07 Å². The third kappa shape index (κ3) is 3.50. The first-order chi connectivity index (χ1) is 9.40. The highest BCUT2D eigenvalue weighted by Crippen LogP contribution is 2.34. The standard InChI is InChI=1S/C13H8ClF3N2S/c14-9-3-1-8(2-4-9)11-6-19-12(10(11)5-18)20-7-13(15,16)17/h1-4,6,19H,7H2. The molecule has 2 nitrogen and oxygen atoms in total. The Kier molecular flexibility index (Phi) is 4.31. The molecule has 0 saturated carbocycles. The van der Waals surface area contributed by atoms with Crippen LogP contribution in [0.4, 0.5) is 13.2 Å². The van der Waals surface area contributed by atoms with E-state index in [1.54, 1.807) is 24.3 Å². The highest BCUT2D eigenvalue weighted by molar-refractivity contribution is 7.99. The van der Waals surface area contributed by atoms with E-state index in [1.165, 1.54) is 6.20 Å². The molecular weight excluding hydrogens is 309 g/mol. The first-order valence-corrected chi connectivity index (χ1v) is 6.84. The Morgan fingerprint density at radius 2 is 1.90 bits per heavy atom. The molecule has 0 saturated heterocycles. The van der Waals surface area contributed by atoms with Crippen LogP contribution in [-0.4, -0.2) is 16.9 Å². The molecule has 0 atom stereocenters. The van der Waals surface area contributed by atoms with E-state index in [9.17, 15) is 13.2 Å². The van der Waals surface area contributed by atoms with Gasteiger partial charge in [0.25, 0.3) is 0 Å². The van der Waals surface area contributed by atoms with Crippen LogP contribution in [0.1, 0.15) is 5.56 Å². The lowest BCUT2D eigenvalue weighted by molar-refractivity contribution is -0.105. The predicted octanol–water partition coefficient (Wildman–Crippen LogP) is 4.86. The van der Waals surface area contributed by atoms with Crippen molar-refractivity contribution in [2.45, 2.75) is 11.2 Å². The van der Waals surface area contributed by atoms with Gasteiger partial charge in [-0.15, -0.1) is 0 Å². The Labute approximate surface area is 122 Å². The highest BCUT2D eigenvalue weighted by Gasteiger charge is 2.28. The number of aromatic nitrogens is 1. The van der Waals surface area contributed by atoms with Gasteiger partial charge in [-0.25, -0.2) is 0 Å². The number of nitriles is 1. The van der Waals surface area contributed by atoms with E-state index in [-0.39, 0.29) is 10.6 Å². The number of nitrogens with one attached hydrogen (secondary N) is 1. The Bertz CT molecular complexity index is 641. The molecular formula is C13H8ClF3N2S. The molecule has 1 aromatic carbocycles. The van der Waals surface area contributed by atoms with Gasteiger partial charge in [-0.2, -0.15) is 18.4 Å². The summed E-state index contributed by atoms with van der Waals surface area (Å²) in [7, 11) is 0. The fourth-order valence-corrected chi connectivity index (χ4v) is 2.52. The minimum atomic E-state index is -4.27. The van der Waals surface area contributed by atoms with Gasteiger partial charge in [-0.05, 0) is 17.7 Å². The number of halogens is 4. The Morgan fingerprint density at radius 3 is 2.45 bits per heavy atom. The zero-order chi connectivity index (χ0) is 14.8. The van der Waals surface area contributed by atoms with E-state index in [0.717, 1.165) is 5.56 Å². The van der Waals surface area contributed by atoms with Gasteiger partial charge in [-0.1, -0.05) is 35.5 Å². The largest absolute Gasteiger partial charge is 0.398 e. The summed E-state index contributed by atoms with van der Waals surface area (Å²) >= 11 is 6.34. The first-order valence-electron chi connectivity index (χ1n) is 5.47. The van der Waals surface area contributed by atoms with Crippen molar-refractivity contribution in [1.29, 1.82) is 5.26 Å². The SMILES string of the molecule is N#Cc1c(-c2ccc(Cl)cc2)c[nH]c1SCC(F)(F)F. The molecule has 0 unspecified atom stereocenters. The maximum absolute atomic E-state index is 12.2. The maximum atomic E-state index is 12.2. The van der Waals surface area contributed by atoms with Crippen LogP contribution in [0, 0.1) is 11.3 Å². The van der Waals surface area contributed by atoms with E-state index >= 15 is 0 Å². The second-order valence-electron chi connectivity index (χ2n) is 3.93.